The Morgan fingerprint density at radius 3 is 2.85 bits per heavy atom. The van der Waals surface area contributed by atoms with E-state index in [2.05, 4.69) is 10.4 Å². The first-order valence-corrected chi connectivity index (χ1v) is 6.51. The lowest BCUT2D eigenvalue weighted by Gasteiger charge is -2.19. The van der Waals surface area contributed by atoms with Crippen molar-refractivity contribution in [3.8, 4) is 0 Å². The third-order valence-electron chi connectivity index (χ3n) is 3.05. The van der Waals surface area contributed by atoms with Crippen LogP contribution in [-0.2, 0) is 13.6 Å². The minimum Gasteiger partial charge on any atom is -0.464 e. The quantitative estimate of drug-likeness (QED) is 0.931. The lowest BCUT2D eigenvalue weighted by Crippen LogP contribution is -2.38. The fraction of sp³-hybridized carbons (Fsp3) is 0.429. The van der Waals surface area contributed by atoms with E-state index in [9.17, 15) is 4.79 Å². The van der Waals surface area contributed by atoms with Gasteiger partial charge in [-0.3, -0.25) is 4.68 Å². The van der Waals surface area contributed by atoms with Gasteiger partial charge >= 0.3 is 6.03 Å². The van der Waals surface area contributed by atoms with Gasteiger partial charge in [0, 0.05) is 25.9 Å². The SMILES string of the molecule is Cc1ccc([C@@H](C)NC(=O)N(C)Cc2cnn(C)c2)o1. The molecule has 2 rings (SSSR count). The van der Waals surface area contributed by atoms with Gasteiger partial charge in [0.2, 0.25) is 0 Å². The van der Waals surface area contributed by atoms with Gasteiger partial charge in [-0.1, -0.05) is 0 Å². The Labute approximate surface area is 118 Å². The Morgan fingerprint density at radius 1 is 1.55 bits per heavy atom. The van der Waals surface area contributed by atoms with E-state index >= 15 is 0 Å². The molecule has 108 valence electrons. The number of nitrogens with zero attached hydrogens (tertiary/aromatic N) is 3. The molecule has 6 nitrogen and oxygen atoms in total. The van der Waals surface area contributed by atoms with E-state index in [1.54, 1.807) is 22.8 Å². The molecule has 1 atom stereocenters. The van der Waals surface area contributed by atoms with Crippen LogP contribution >= 0.6 is 0 Å². The second kappa shape index (κ2) is 5.81. The van der Waals surface area contributed by atoms with Crippen molar-refractivity contribution in [3.05, 3.63) is 41.6 Å². The molecule has 0 radical (unpaired) electrons. The lowest BCUT2D eigenvalue weighted by molar-refractivity contribution is 0.201. The Hall–Kier alpha value is -2.24. The average Bonchev–Trinajstić information content (AvgIpc) is 2.98. The second-order valence-electron chi connectivity index (χ2n) is 5.00. The molecule has 0 aromatic carbocycles. The Balaban J connectivity index is 1.90. The summed E-state index contributed by atoms with van der Waals surface area (Å²) in [7, 11) is 3.60. The van der Waals surface area contributed by atoms with E-state index in [1.165, 1.54) is 0 Å². The molecule has 0 aliphatic heterocycles. The highest BCUT2D eigenvalue weighted by Gasteiger charge is 2.16. The van der Waals surface area contributed by atoms with Crippen LogP contribution in [0.1, 0.15) is 30.0 Å². The highest BCUT2D eigenvalue weighted by molar-refractivity contribution is 5.74. The van der Waals surface area contributed by atoms with Crippen molar-refractivity contribution in [2.75, 3.05) is 7.05 Å². The van der Waals surface area contributed by atoms with Crippen molar-refractivity contribution >= 4 is 6.03 Å². The third-order valence-corrected chi connectivity index (χ3v) is 3.05. The first-order valence-electron chi connectivity index (χ1n) is 6.51. The zero-order valence-corrected chi connectivity index (χ0v) is 12.3. The van der Waals surface area contributed by atoms with Crippen LogP contribution in [0, 0.1) is 6.92 Å². The normalized spacial score (nSPS) is 12.2. The standard InChI is InChI=1S/C14H20N4O2/c1-10-5-6-13(20-10)11(2)16-14(19)17(3)8-12-7-15-18(4)9-12/h5-7,9,11H,8H2,1-4H3,(H,16,19)/t11-/m1/s1. The van der Waals surface area contributed by atoms with Crippen molar-refractivity contribution in [2.45, 2.75) is 26.4 Å². The van der Waals surface area contributed by atoms with Gasteiger partial charge in [-0.2, -0.15) is 5.10 Å². The predicted molar refractivity (Wildman–Crippen MR) is 75.1 cm³/mol. The maximum Gasteiger partial charge on any atom is 0.318 e. The molecule has 0 saturated heterocycles. The lowest BCUT2D eigenvalue weighted by atomic mass is 10.2. The summed E-state index contributed by atoms with van der Waals surface area (Å²) < 4.78 is 7.22. The summed E-state index contributed by atoms with van der Waals surface area (Å²) in [5.41, 5.74) is 0.992. The fourth-order valence-corrected chi connectivity index (χ4v) is 1.95. The zero-order chi connectivity index (χ0) is 14.7. The number of rotatable bonds is 4. The predicted octanol–water partition coefficient (Wildman–Crippen LogP) is 2.22. The maximum absolute atomic E-state index is 12.1. The van der Waals surface area contributed by atoms with Crippen molar-refractivity contribution in [2.24, 2.45) is 7.05 Å². The summed E-state index contributed by atoms with van der Waals surface area (Å²) in [6, 6.07) is 3.46. The highest BCUT2D eigenvalue weighted by Crippen LogP contribution is 2.15. The van der Waals surface area contributed by atoms with Gasteiger partial charge in [0.15, 0.2) is 0 Å². The highest BCUT2D eigenvalue weighted by atomic mass is 16.3. The molecule has 0 saturated carbocycles. The number of hydrogen-bond donors (Lipinski definition) is 1. The van der Waals surface area contributed by atoms with Crippen molar-refractivity contribution < 1.29 is 9.21 Å². The Kier molecular flexibility index (Phi) is 4.12. The largest absolute Gasteiger partial charge is 0.464 e. The first kappa shape index (κ1) is 14.2. The molecule has 2 amide bonds. The summed E-state index contributed by atoms with van der Waals surface area (Å²) in [4.78, 5) is 13.7. The maximum atomic E-state index is 12.1. The minimum absolute atomic E-state index is 0.143. The molecule has 6 heteroatoms. The zero-order valence-electron chi connectivity index (χ0n) is 12.3. The molecule has 2 heterocycles. The molecule has 0 aliphatic rings. The number of hydrogen-bond acceptors (Lipinski definition) is 3. The number of furan rings is 1. The Bertz CT molecular complexity index is 588. The summed E-state index contributed by atoms with van der Waals surface area (Å²) in [6.45, 7) is 4.30. The van der Waals surface area contributed by atoms with Crippen LogP contribution in [0.15, 0.2) is 28.9 Å². The number of nitrogens with one attached hydrogen (secondary N) is 1. The number of carbonyl (C=O) groups excluding carboxylic acids is 1. The molecular weight excluding hydrogens is 256 g/mol. The molecule has 1 N–H and O–H groups in total. The van der Waals surface area contributed by atoms with Crippen LogP contribution in [0.5, 0.6) is 0 Å². The van der Waals surface area contributed by atoms with Gasteiger partial charge in [0.1, 0.15) is 11.5 Å². The van der Waals surface area contributed by atoms with E-state index in [4.69, 9.17) is 4.42 Å². The van der Waals surface area contributed by atoms with E-state index in [0.717, 1.165) is 17.1 Å². The summed E-state index contributed by atoms with van der Waals surface area (Å²) in [5, 5.41) is 6.99. The average molecular weight is 276 g/mol. The Morgan fingerprint density at radius 2 is 2.30 bits per heavy atom. The molecule has 20 heavy (non-hydrogen) atoms. The first-order chi connectivity index (χ1) is 9.45. The van der Waals surface area contributed by atoms with Crippen LogP contribution in [0.4, 0.5) is 4.79 Å². The number of amides is 2. The fourth-order valence-electron chi connectivity index (χ4n) is 1.95. The van der Waals surface area contributed by atoms with Gasteiger partial charge in [0.25, 0.3) is 0 Å². The monoisotopic (exact) mass is 276 g/mol. The topological polar surface area (TPSA) is 63.3 Å². The van der Waals surface area contributed by atoms with Crippen LogP contribution in [-0.4, -0.2) is 27.8 Å². The molecular formula is C14H20N4O2. The number of aryl methyl sites for hydroxylation is 2. The van der Waals surface area contributed by atoms with Gasteiger partial charge in [0.05, 0.1) is 18.8 Å². The van der Waals surface area contributed by atoms with Crippen LogP contribution in [0.3, 0.4) is 0 Å². The van der Waals surface area contributed by atoms with Gasteiger partial charge in [-0.15, -0.1) is 0 Å². The molecule has 0 bridgehead atoms. The number of urea groups is 1. The van der Waals surface area contributed by atoms with Gasteiger partial charge in [-0.05, 0) is 26.0 Å². The molecule has 0 unspecified atom stereocenters. The van der Waals surface area contributed by atoms with E-state index in [1.807, 2.05) is 39.2 Å². The molecule has 2 aromatic rings. The summed E-state index contributed by atoms with van der Waals surface area (Å²) >= 11 is 0. The smallest absolute Gasteiger partial charge is 0.318 e. The van der Waals surface area contributed by atoms with Crippen molar-refractivity contribution in [3.63, 3.8) is 0 Å². The minimum atomic E-state index is -0.160. The van der Waals surface area contributed by atoms with Gasteiger partial charge < -0.3 is 14.6 Å². The van der Waals surface area contributed by atoms with Gasteiger partial charge in [-0.25, -0.2) is 4.79 Å². The van der Waals surface area contributed by atoms with Crippen LogP contribution in [0.25, 0.3) is 0 Å². The number of carbonyl (C=O) groups is 1. The van der Waals surface area contributed by atoms with E-state index in [-0.39, 0.29) is 12.1 Å². The molecule has 0 spiro atoms. The van der Waals surface area contributed by atoms with Crippen molar-refractivity contribution in [1.29, 1.82) is 0 Å². The third kappa shape index (κ3) is 3.40. The van der Waals surface area contributed by atoms with Crippen LogP contribution in [0.2, 0.25) is 0 Å². The summed E-state index contributed by atoms with van der Waals surface area (Å²) in [5.74, 6) is 1.59. The molecule has 0 fully saturated rings. The van der Waals surface area contributed by atoms with Crippen LogP contribution < -0.4 is 5.32 Å². The second-order valence-corrected chi connectivity index (χ2v) is 5.00. The van der Waals surface area contributed by atoms with E-state index in [0.29, 0.717) is 6.54 Å². The number of aromatic nitrogens is 2. The van der Waals surface area contributed by atoms with Crippen molar-refractivity contribution in [1.82, 2.24) is 20.0 Å². The summed E-state index contributed by atoms with van der Waals surface area (Å²) in [6.07, 6.45) is 3.65. The van der Waals surface area contributed by atoms with E-state index < -0.39 is 0 Å². The molecule has 2 aromatic heterocycles. The molecule has 0 aliphatic carbocycles.